The molecular weight excluding hydrogens is 94.0 g/mol. The average Bonchev–Trinajstić information content (AvgIpc) is 1.72. The summed E-state index contributed by atoms with van der Waals surface area (Å²) in [4.78, 5) is 20.1. The van der Waals surface area contributed by atoms with E-state index in [9.17, 15) is 9.59 Å². The lowest BCUT2D eigenvalue weighted by molar-refractivity contribution is -0.128. The highest BCUT2D eigenvalue weighted by molar-refractivity contribution is 5.68. The summed E-state index contributed by atoms with van der Waals surface area (Å²) in [6, 6.07) is 0. The standard InChI is InChI=1S/C4H6NO2/c1-2-5(3-6)4-7/h3-4H,1-2H2. The molecule has 3 heteroatoms. The third-order valence-electron chi connectivity index (χ3n) is 0.529. The van der Waals surface area contributed by atoms with Crippen molar-refractivity contribution in [2.45, 2.75) is 0 Å². The van der Waals surface area contributed by atoms with Gasteiger partial charge in [0.1, 0.15) is 0 Å². The molecule has 0 bridgehead atoms. The topological polar surface area (TPSA) is 37.4 Å². The van der Waals surface area contributed by atoms with E-state index in [0.717, 1.165) is 4.90 Å². The molecule has 0 aromatic rings. The first kappa shape index (κ1) is 6.14. The number of nitrogens with zero attached hydrogens (tertiary/aromatic N) is 1. The van der Waals surface area contributed by atoms with Crippen molar-refractivity contribution in [2.75, 3.05) is 6.54 Å². The molecule has 0 aliphatic carbocycles. The van der Waals surface area contributed by atoms with Crippen LogP contribution in [0.3, 0.4) is 0 Å². The first-order valence-electron chi connectivity index (χ1n) is 1.80. The van der Waals surface area contributed by atoms with E-state index in [4.69, 9.17) is 0 Å². The van der Waals surface area contributed by atoms with Crippen LogP contribution in [-0.2, 0) is 9.59 Å². The molecule has 0 heterocycles. The van der Waals surface area contributed by atoms with Gasteiger partial charge in [0.25, 0.3) is 0 Å². The zero-order valence-corrected chi connectivity index (χ0v) is 3.83. The Morgan fingerprint density at radius 3 is 1.86 bits per heavy atom. The highest BCUT2D eigenvalue weighted by Crippen LogP contribution is 1.68. The van der Waals surface area contributed by atoms with Crippen LogP contribution in [0.1, 0.15) is 0 Å². The summed E-state index contributed by atoms with van der Waals surface area (Å²) in [5.74, 6) is 0. The van der Waals surface area contributed by atoms with E-state index in [1.807, 2.05) is 0 Å². The Hall–Kier alpha value is -0.860. The van der Waals surface area contributed by atoms with E-state index in [1.165, 1.54) is 0 Å². The summed E-state index contributed by atoms with van der Waals surface area (Å²) in [5, 5.41) is 0. The van der Waals surface area contributed by atoms with E-state index >= 15 is 0 Å². The Bertz CT molecular complexity index is 64.1. The molecule has 1 radical (unpaired) electrons. The van der Waals surface area contributed by atoms with Gasteiger partial charge in [0, 0.05) is 6.54 Å². The van der Waals surface area contributed by atoms with Crippen LogP contribution in [0.2, 0.25) is 0 Å². The molecule has 0 unspecified atom stereocenters. The van der Waals surface area contributed by atoms with Crippen LogP contribution in [-0.4, -0.2) is 24.3 Å². The molecule has 0 saturated carbocycles. The molecule has 2 amide bonds. The molecule has 0 fully saturated rings. The van der Waals surface area contributed by atoms with Crippen LogP contribution in [0, 0.1) is 6.92 Å². The zero-order valence-electron chi connectivity index (χ0n) is 3.83. The number of imide groups is 1. The molecule has 39 valence electrons. The molecule has 0 aromatic heterocycles. The third kappa shape index (κ3) is 1.92. The van der Waals surface area contributed by atoms with E-state index in [-0.39, 0.29) is 6.54 Å². The molecule has 0 rings (SSSR count). The minimum atomic E-state index is 0.201. The fourth-order valence-electron chi connectivity index (χ4n) is 0.130. The molecule has 7 heavy (non-hydrogen) atoms. The first-order chi connectivity index (χ1) is 3.35. The van der Waals surface area contributed by atoms with Crippen molar-refractivity contribution in [2.24, 2.45) is 0 Å². The van der Waals surface area contributed by atoms with Crippen molar-refractivity contribution in [1.29, 1.82) is 0 Å². The largest absolute Gasteiger partial charge is 0.288 e. The van der Waals surface area contributed by atoms with Gasteiger partial charge in [0.15, 0.2) is 0 Å². The van der Waals surface area contributed by atoms with Crippen molar-refractivity contribution in [3.05, 3.63) is 6.92 Å². The van der Waals surface area contributed by atoms with Crippen LogP contribution < -0.4 is 0 Å². The van der Waals surface area contributed by atoms with Crippen molar-refractivity contribution in [3.63, 3.8) is 0 Å². The van der Waals surface area contributed by atoms with Crippen molar-refractivity contribution in [3.8, 4) is 0 Å². The molecule has 0 aromatic carbocycles. The SMILES string of the molecule is [CH2]CN(C=O)C=O. The molecule has 3 nitrogen and oxygen atoms in total. The molecule has 0 atom stereocenters. The molecule has 0 aliphatic heterocycles. The second kappa shape index (κ2) is 3.33. The van der Waals surface area contributed by atoms with Gasteiger partial charge in [-0.15, -0.1) is 0 Å². The number of carbonyl (C=O) groups is 2. The maximum Gasteiger partial charge on any atom is 0.216 e. The van der Waals surface area contributed by atoms with Gasteiger partial charge >= 0.3 is 0 Å². The summed E-state index contributed by atoms with van der Waals surface area (Å²) < 4.78 is 0. The van der Waals surface area contributed by atoms with Gasteiger partial charge in [-0.3, -0.25) is 14.5 Å². The van der Waals surface area contributed by atoms with E-state index in [2.05, 4.69) is 6.92 Å². The Labute approximate surface area is 41.9 Å². The third-order valence-corrected chi connectivity index (χ3v) is 0.529. The van der Waals surface area contributed by atoms with Gasteiger partial charge in [-0.05, 0) is 6.92 Å². The fraction of sp³-hybridized carbons (Fsp3) is 0.250. The van der Waals surface area contributed by atoms with Crippen LogP contribution >= 0.6 is 0 Å². The second-order valence-electron chi connectivity index (χ2n) is 0.949. The minimum absolute atomic E-state index is 0.201. The summed E-state index contributed by atoms with van der Waals surface area (Å²) >= 11 is 0. The van der Waals surface area contributed by atoms with E-state index in [1.54, 1.807) is 0 Å². The number of amides is 2. The first-order valence-corrected chi connectivity index (χ1v) is 1.80. The predicted octanol–water partition coefficient (Wildman–Crippen LogP) is -0.565. The molecule has 0 spiro atoms. The van der Waals surface area contributed by atoms with Crippen LogP contribution in [0.4, 0.5) is 0 Å². The zero-order chi connectivity index (χ0) is 5.70. The summed E-state index contributed by atoms with van der Waals surface area (Å²) in [7, 11) is 0. The highest BCUT2D eigenvalue weighted by atomic mass is 16.2. The summed E-state index contributed by atoms with van der Waals surface area (Å²) in [5.41, 5.74) is 0. The molecule has 0 saturated heterocycles. The Morgan fingerprint density at radius 2 is 1.86 bits per heavy atom. The lowest BCUT2D eigenvalue weighted by Gasteiger charge is -1.99. The molecule has 0 N–H and O–H groups in total. The van der Waals surface area contributed by atoms with Gasteiger partial charge in [-0.1, -0.05) is 0 Å². The number of hydrogen-bond acceptors (Lipinski definition) is 2. The van der Waals surface area contributed by atoms with Gasteiger partial charge in [-0.2, -0.15) is 0 Å². The average molecular weight is 100 g/mol. The van der Waals surface area contributed by atoms with Crippen molar-refractivity contribution in [1.82, 2.24) is 4.90 Å². The van der Waals surface area contributed by atoms with Gasteiger partial charge in [0.2, 0.25) is 12.8 Å². The fourth-order valence-corrected chi connectivity index (χ4v) is 0.130. The monoisotopic (exact) mass is 100 g/mol. The van der Waals surface area contributed by atoms with E-state index < -0.39 is 0 Å². The van der Waals surface area contributed by atoms with Gasteiger partial charge in [-0.25, -0.2) is 0 Å². The summed E-state index contributed by atoms with van der Waals surface area (Å²) in [6.45, 7) is 3.49. The number of carbonyl (C=O) groups excluding carboxylic acids is 2. The Kier molecular flexibility index (Phi) is 2.92. The smallest absolute Gasteiger partial charge is 0.216 e. The maximum absolute atomic E-state index is 9.62. The predicted molar refractivity (Wildman–Crippen MR) is 24.2 cm³/mol. The van der Waals surface area contributed by atoms with Gasteiger partial charge in [0.05, 0.1) is 0 Å². The maximum atomic E-state index is 9.62. The lowest BCUT2D eigenvalue weighted by Crippen LogP contribution is -2.18. The number of hydrogen-bond donors (Lipinski definition) is 0. The molecule has 0 aliphatic rings. The van der Waals surface area contributed by atoms with Crippen LogP contribution in [0.25, 0.3) is 0 Å². The normalized spacial score (nSPS) is 7.57. The Balaban J connectivity index is 3.36. The highest BCUT2D eigenvalue weighted by Gasteiger charge is 1.88. The van der Waals surface area contributed by atoms with Crippen molar-refractivity contribution >= 4 is 12.8 Å². The van der Waals surface area contributed by atoms with Gasteiger partial charge < -0.3 is 0 Å². The lowest BCUT2D eigenvalue weighted by atomic mass is 10.7. The Morgan fingerprint density at radius 1 is 1.43 bits per heavy atom. The molecular formula is C4H6NO2. The van der Waals surface area contributed by atoms with Crippen molar-refractivity contribution < 1.29 is 9.59 Å². The van der Waals surface area contributed by atoms with E-state index in [0.29, 0.717) is 12.8 Å². The van der Waals surface area contributed by atoms with Crippen LogP contribution in [0.15, 0.2) is 0 Å². The number of rotatable bonds is 3. The second-order valence-corrected chi connectivity index (χ2v) is 0.949. The quantitative estimate of drug-likeness (QED) is 0.445. The minimum Gasteiger partial charge on any atom is -0.288 e. The summed E-state index contributed by atoms with van der Waals surface area (Å²) in [6.07, 6.45) is 0.861. The van der Waals surface area contributed by atoms with Crippen LogP contribution in [0.5, 0.6) is 0 Å².